The zero-order valence-corrected chi connectivity index (χ0v) is 9.39. The van der Waals surface area contributed by atoms with E-state index in [1.54, 1.807) is 24.1 Å². The molecule has 16 heavy (non-hydrogen) atoms. The van der Waals surface area contributed by atoms with E-state index in [0.717, 1.165) is 19.4 Å². The Labute approximate surface area is 94.4 Å². The summed E-state index contributed by atoms with van der Waals surface area (Å²) in [5, 5.41) is 5.84. The van der Waals surface area contributed by atoms with Crippen LogP contribution in [0.25, 0.3) is 0 Å². The third-order valence-electron chi connectivity index (χ3n) is 2.68. The average molecular weight is 223 g/mol. The molecule has 1 atom stereocenters. The molecule has 6 nitrogen and oxygen atoms in total. The minimum Gasteiger partial charge on any atom is -0.326 e. The third-order valence-corrected chi connectivity index (χ3v) is 2.68. The minimum atomic E-state index is -0.123. The topological polar surface area (TPSA) is 76.2 Å². The number of carbonyl (C=O) groups excluding carboxylic acids is 1. The molecule has 0 bridgehead atoms. The molecule has 1 aromatic rings. The van der Waals surface area contributed by atoms with Gasteiger partial charge in [-0.25, -0.2) is 5.01 Å². The summed E-state index contributed by atoms with van der Waals surface area (Å²) in [4.78, 5) is 11.8. The van der Waals surface area contributed by atoms with Crippen LogP contribution in [-0.2, 0) is 7.05 Å². The highest BCUT2D eigenvalue weighted by Crippen LogP contribution is 2.06. The fourth-order valence-electron chi connectivity index (χ4n) is 1.86. The van der Waals surface area contributed by atoms with E-state index in [0.29, 0.717) is 12.1 Å². The van der Waals surface area contributed by atoms with Crippen molar-refractivity contribution in [2.24, 2.45) is 12.8 Å². The van der Waals surface area contributed by atoms with E-state index in [-0.39, 0.29) is 11.9 Å². The molecule has 3 N–H and O–H groups in total. The first-order chi connectivity index (χ1) is 7.65. The second-order valence-corrected chi connectivity index (χ2v) is 4.19. The van der Waals surface area contributed by atoms with Crippen molar-refractivity contribution < 1.29 is 4.79 Å². The first-order valence-corrected chi connectivity index (χ1v) is 5.45. The van der Waals surface area contributed by atoms with Gasteiger partial charge >= 0.3 is 0 Å². The van der Waals surface area contributed by atoms with Crippen LogP contribution in [0.3, 0.4) is 0 Å². The third kappa shape index (κ3) is 2.59. The average Bonchev–Trinajstić information content (AvgIpc) is 2.65. The van der Waals surface area contributed by atoms with Crippen LogP contribution in [0.15, 0.2) is 12.4 Å². The van der Waals surface area contributed by atoms with Crippen LogP contribution >= 0.6 is 0 Å². The first kappa shape index (κ1) is 11.1. The highest BCUT2D eigenvalue weighted by Gasteiger charge is 2.19. The summed E-state index contributed by atoms with van der Waals surface area (Å²) in [5.74, 6) is -0.123. The molecule has 1 saturated heterocycles. The molecule has 0 radical (unpaired) electrons. The van der Waals surface area contributed by atoms with E-state index in [1.165, 1.54) is 0 Å². The van der Waals surface area contributed by atoms with Crippen LogP contribution in [0.2, 0.25) is 0 Å². The summed E-state index contributed by atoms with van der Waals surface area (Å²) in [6.45, 7) is 1.58. The molecule has 2 rings (SSSR count). The number of nitrogens with zero attached hydrogens (tertiary/aromatic N) is 3. The summed E-state index contributed by atoms with van der Waals surface area (Å²) < 4.78 is 1.61. The molecule has 0 saturated carbocycles. The monoisotopic (exact) mass is 223 g/mol. The SMILES string of the molecule is Cn1cc(C(=O)NN2CCCC(N)C2)cn1. The van der Waals surface area contributed by atoms with Crippen molar-refractivity contribution in [2.45, 2.75) is 18.9 Å². The van der Waals surface area contributed by atoms with Gasteiger partial charge in [0.2, 0.25) is 0 Å². The molecule has 0 spiro atoms. The Bertz CT molecular complexity index is 375. The number of nitrogens with one attached hydrogen (secondary N) is 1. The lowest BCUT2D eigenvalue weighted by Crippen LogP contribution is -2.51. The number of aryl methyl sites for hydroxylation is 1. The predicted molar refractivity (Wildman–Crippen MR) is 59.5 cm³/mol. The lowest BCUT2D eigenvalue weighted by Gasteiger charge is -2.30. The summed E-state index contributed by atoms with van der Waals surface area (Å²) in [5.41, 5.74) is 9.25. The summed E-state index contributed by atoms with van der Waals surface area (Å²) in [6, 6.07) is 0.156. The molecule has 1 fully saturated rings. The lowest BCUT2D eigenvalue weighted by atomic mass is 10.1. The van der Waals surface area contributed by atoms with Gasteiger partial charge in [-0.1, -0.05) is 0 Å². The molecule has 1 unspecified atom stereocenters. The molecule has 1 aliphatic rings. The molecule has 88 valence electrons. The van der Waals surface area contributed by atoms with Gasteiger partial charge in [-0.2, -0.15) is 5.10 Å². The summed E-state index contributed by atoms with van der Waals surface area (Å²) in [7, 11) is 1.79. The first-order valence-electron chi connectivity index (χ1n) is 5.45. The fourth-order valence-corrected chi connectivity index (χ4v) is 1.86. The van der Waals surface area contributed by atoms with Gasteiger partial charge in [0.25, 0.3) is 5.91 Å². The van der Waals surface area contributed by atoms with Gasteiger partial charge in [-0.05, 0) is 12.8 Å². The van der Waals surface area contributed by atoms with E-state index in [1.807, 2.05) is 5.01 Å². The number of amides is 1. The molecule has 0 aliphatic carbocycles. The van der Waals surface area contributed by atoms with E-state index < -0.39 is 0 Å². The normalized spacial score (nSPS) is 22.0. The number of hydrogen-bond donors (Lipinski definition) is 2. The zero-order chi connectivity index (χ0) is 11.5. The Morgan fingerprint density at radius 1 is 1.69 bits per heavy atom. The van der Waals surface area contributed by atoms with Crippen LogP contribution in [0.1, 0.15) is 23.2 Å². The van der Waals surface area contributed by atoms with Crippen LogP contribution in [-0.4, -0.2) is 39.8 Å². The summed E-state index contributed by atoms with van der Waals surface area (Å²) in [6.07, 6.45) is 5.30. The van der Waals surface area contributed by atoms with Gasteiger partial charge in [-0.15, -0.1) is 0 Å². The largest absolute Gasteiger partial charge is 0.326 e. The molecule has 0 aromatic carbocycles. The van der Waals surface area contributed by atoms with E-state index in [9.17, 15) is 4.79 Å². The number of aromatic nitrogens is 2. The van der Waals surface area contributed by atoms with E-state index in [4.69, 9.17) is 5.73 Å². The predicted octanol–water partition coefficient (Wildman–Crippen LogP) is -0.512. The van der Waals surface area contributed by atoms with Crippen molar-refractivity contribution in [1.82, 2.24) is 20.2 Å². The van der Waals surface area contributed by atoms with Gasteiger partial charge in [-0.3, -0.25) is 14.9 Å². The lowest BCUT2D eigenvalue weighted by molar-refractivity contribution is 0.0731. The van der Waals surface area contributed by atoms with Crippen LogP contribution < -0.4 is 11.2 Å². The Balaban J connectivity index is 1.92. The molecule has 2 heterocycles. The number of hydrazine groups is 1. The second-order valence-electron chi connectivity index (χ2n) is 4.19. The molecular formula is C10H17N5O. The van der Waals surface area contributed by atoms with Gasteiger partial charge in [0, 0.05) is 32.4 Å². The number of nitrogens with two attached hydrogens (primary N) is 1. The fraction of sp³-hybridized carbons (Fsp3) is 0.600. The molecule has 1 aromatic heterocycles. The Morgan fingerprint density at radius 2 is 2.50 bits per heavy atom. The number of rotatable bonds is 2. The molecule has 1 aliphatic heterocycles. The maximum Gasteiger partial charge on any atom is 0.268 e. The Morgan fingerprint density at radius 3 is 3.12 bits per heavy atom. The van der Waals surface area contributed by atoms with Crippen molar-refractivity contribution in [3.05, 3.63) is 18.0 Å². The second kappa shape index (κ2) is 4.63. The molecule has 1 amide bonds. The van der Waals surface area contributed by atoms with Crippen LogP contribution in [0.4, 0.5) is 0 Å². The Hall–Kier alpha value is -1.40. The smallest absolute Gasteiger partial charge is 0.268 e. The maximum absolute atomic E-state index is 11.8. The number of carbonyl (C=O) groups is 1. The minimum absolute atomic E-state index is 0.123. The Kier molecular flexibility index (Phi) is 3.21. The summed E-state index contributed by atoms with van der Waals surface area (Å²) >= 11 is 0. The van der Waals surface area contributed by atoms with Crippen molar-refractivity contribution in [3.8, 4) is 0 Å². The quantitative estimate of drug-likeness (QED) is 0.708. The van der Waals surface area contributed by atoms with E-state index in [2.05, 4.69) is 10.5 Å². The van der Waals surface area contributed by atoms with Crippen molar-refractivity contribution >= 4 is 5.91 Å². The standard InChI is InChI=1S/C10H17N5O/c1-14-6-8(5-12-14)10(16)13-15-4-2-3-9(11)7-15/h5-6,9H,2-4,7,11H2,1H3,(H,13,16). The van der Waals surface area contributed by atoms with Gasteiger partial charge < -0.3 is 5.73 Å². The number of hydrogen-bond acceptors (Lipinski definition) is 4. The van der Waals surface area contributed by atoms with Crippen LogP contribution in [0, 0.1) is 0 Å². The van der Waals surface area contributed by atoms with E-state index >= 15 is 0 Å². The molecule has 6 heteroatoms. The molecular weight excluding hydrogens is 206 g/mol. The van der Waals surface area contributed by atoms with Crippen LogP contribution in [0.5, 0.6) is 0 Å². The number of piperidine rings is 1. The van der Waals surface area contributed by atoms with Crippen molar-refractivity contribution in [3.63, 3.8) is 0 Å². The highest BCUT2D eigenvalue weighted by molar-refractivity contribution is 5.93. The maximum atomic E-state index is 11.8. The van der Waals surface area contributed by atoms with Gasteiger partial charge in [0.15, 0.2) is 0 Å². The van der Waals surface area contributed by atoms with Crippen molar-refractivity contribution in [2.75, 3.05) is 13.1 Å². The van der Waals surface area contributed by atoms with Gasteiger partial charge in [0.1, 0.15) is 0 Å². The van der Waals surface area contributed by atoms with Gasteiger partial charge in [0.05, 0.1) is 11.8 Å². The highest BCUT2D eigenvalue weighted by atomic mass is 16.2. The van der Waals surface area contributed by atoms with Crippen molar-refractivity contribution in [1.29, 1.82) is 0 Å². The zero-order valence-electron chi connectivity index (χ0n) is 9.39.